The molecule has 5 heteroatoms. The zero-order chi connectivity index (χ0) is 14.8. The van der Waals surface area contributed by atoms with Gasteiger partial charge in [-0.05, 0) is 44.4 Å². The lowest BCUT2D eigenvalue weighted by atomic mass is 9.76. The van der Waals surface area contributed by atoms with Crippen molar-refractivity contribution < 1.29 is 9.53 Å². The smallest absolute Gasteiger partial charge is 0.226 e. The lowest BCUT2D eigenvalue weighted by molar-refractivity contribution is -0.128. The van der Waals surface area contributed by atoms with Crippen molar-refractivity contribution in [3.8, 4) is 0 Å². The largest absolute Gasteiger partial charge is 0.391 e. The molecule has 0 aromatic heterocycles. The summed E-state index contributed by atoms with van der Waals surface area (Å²) in [5.41, 5.74) is 5.47. The highest BCUT2D eigenvalue weighted by molar-refractivity contribution is 7.80. The highest BCUT2D eigenvalue weighted by atomic mass is 32.1. The monoisotopic (exact) mass is 298 g/mol. The van der Waals surface area contributed by atoms with Gasteiger partial charge in [0.25, 0.3) is 0 Å². The Balaban J connectivity index is 2.05. The number of amides is 1. The normalized spacial score (nSPS) is 37.6. The van der Waals surface area contributed by atoms with E-state index in [-0.39, 0.29) is 17.9 Å². The first-order valence-electron chi connectivity index (χ1n) is 7.72. The second kappa shape index (κ2) is 6.39. The second-order valence-corrected chi connectivity index (χ2v) is 6.77. The van der Waals surface area contributed by atoms with Crippen molar-refractivity contribution in [2.45, 2.75) is 64.0 Å². The quantitative estimate of drug-likeness (QED) is 0.781. The molecule has 2 aliphatic rings. The molecule has 1 amide bonds. The van der Waals surface area contributed by atoms with Gasteiger partial charge in [0.15, 0.2) is 0 Å². The Morgan fingerprint density at radius 3 is 2.60 bits per heavy atom. The molecule has 20 heavy (non-hydrogen) atoms. The zero-order valence-electron chi connectivity index (χ0n) is 12.5. The van der Waals surface area contributed by atoms with Gasteiger partial charge in [0, 0.05) is 6.61 Å². The first-order valence-corrected chi connectivity index (χ1v) is 8.13. The summed E-state index contributed by atoms with van der Waals surface area (Å²) in [5.74, 6) is 0.704. The van der Waals surface area contributed by atoms with Gasteiger partial charge in [-0.3, -0.25) is 4.79 Å². The summed E-state index contributed by atoms with van der Waals surface area (Å²) in [4.78, 5) is 13.0. The third kappa shape index (κ3) is 3.14. The molecule has 2 atom stereocenters. The van der Waals surface area contributed by atoms with Gasteiger partial charge >= 0.3 is 0 Å². The van der Waals surface area contributed by atoms with Gasteiger partial charge in [-0.1, -0.05) is 26.1 Å². The van der Waals surface area contributed by atoms with Crippen molar-refractivity contribution in [2.75, 3.05) is 6.61 Å². The standard InChI is InChI=1S/C15H26N2O2S/c1-3-12-11(6-9-19-12)13(18)17-15(14(16)20)7-4-10(2)5-8-15/h10-12H,3-9H2,1-2H3,(H2,16,20)(H,17,18). The number of rotatable bonds is 4. The molecule has 0 spiro atoms. The Labute approximate surface area is 126 Å². The van der Waals surface area contributed by atoms with Crippen molar-refractivity contribution in [3.63, 3.8) is 0 Å². The zero-order valence-corrected chi connectivity index (χ0v) is 13.3. The molecule has 4 nitrogen and oxygen atoms in total. The number of hydrogen-bond donors (Lipinski definition) is 2. The fraction of sp³-hybridized carbons (Fsp3) is 0.867. The van der Waals surface area contributed by atoms with Gasteiger partial charge < -0.3 is 15.8 Å². The third-order valence-corrected chi connectivity index (χ3v) is 5.30. The van der Waals surface area contributed by atoms with Crippen molar-refractivity contribution in [1.29, 1.82) is 0 Å². The number of carbonyl (C=O) groups is 1. The summed E-state index contributed by atoms with van der Waals surface area (Å²) >= 11 is 5.25. The number of nitrogens with one attached hydrogen (secondary N) is 1. The van der Waals surface area contributed by atoms with Crippen LogP contribution in [0.25, 0.3) is 0 Å². The van der Waals surface area contributed by atoms with E-state index < -0.39 is 5.54 Å². The fourth-order valence-electron chi connectivity index (χ4n) is 3.37. The molecule has 0 aromatic carbocycles. The molecule has 2 fully saturated rings. The maximum Gasteiger partial charge on any atom is 0.226 e. The second-order valence-electron chi connectivity index (χ2n) is 6.33. The van der Waals surface area contributed by atoms with E-state index in [1.165, 1.54) is 0 Å². The van der Waals surface area contributed by atoms with Gasteiger partial charge in [-0.25, -0.2) is 0 Å². The SMILES string of the molecule is CCC1OCCC1C(=O)NC1(C(N)=S)CCC(C)CC1. The van der Waals surface area contributed by atoms with Crippen LogP contribution in [0.4, 0.5) is 0 Å². The van der Waals surface area contributed by atoms with Crippen LogP contribution in [0.5, 0.6) is 0 Å². The van der Waals surface area contributed by atoms with Crippen molar-refractivity contribution in [2.24, 2.45) is 17.6 Å². The first-order chi connectivity index (χ1) is 9.48. The maximum absolute atomic E-state index is 12.6. The van der Waals surface area contributed by atoms with Crippen LogP contribution in [0.15, 0.2) is 0 Å². The van der Waals surface area contributed by atoms with E-state index in [1.54, 1.807) is 0 Å². The fourth-order valence-corrected chi connectivity index (χ4v) is 3.62. The van der Waals surface area contributed by atoms with Crippen LogP contribution in [0.1, 0.15) is 52.4 Å². The third-order valence-electron chi connectivity index (χ3n) is 4.91. The molecule has 0 radical (unpaired) electrons. The van der Waals surface area contributed by atoms with Gasteiger partial charge in [0.05, 0.1) is 22.5 Å². The van der Waals surface area contributed by atoms with Crippen molar-refractivity contribution >= 4 is 23.1 Å². The van der Waals surface area contributed by atoms with Crippen LogP contribution in [0, 0.1) is 11.8 Å². The summed E-state index contributed by atoms with van der Waals surface area (Å²) in [6.07, 6.45) is 5.56. The molecule has 2 unspecified atom stereocenters. The molecule has 1 aliphatic carbocycles. The highest BCUT2D eigenvalue weighted by Crippen LogP contribution is 2.33. The minimum Gasteiger partial charge on any atom is -0.391 e. The van der Waals surface area contributed by atoms with Gasteiger partial charge in [0.1, 0.15) is 0 Å². The van der Waals surface area contributed by atoms with Crippen LogP contribution < -0.4 is 11.1 Å². The molecule has 1 saturated heterocycles. The number of carbonyl (C=O) groups excluding carboxylic acids is 1. The Kier molecular flexibility index (Phi) is 5.02. The lowest BCUT2D eigenvalue weighted by Gasteiger charge is -2.40. The molecule has 1 saturated carbocycles. The van der Waals surface area contributed by atoms with E-state index in [0.29, 0.717) is 17.5 Å². The predicted octanol–water partition coefficient (Wildman–Crippen LogP) is 2.15. The summed E-state index contributed by atoms with van der Waals surface area (Å²) < 4.78 is 5.61. The van der Waals surface area contributed by atoms with Gasteiger partial charge in [-0.2, -0.15) is 0 Å². The number of nitrogens with two attached hydrogens (primary N) is 1. The molecule has 2 rings (SSSR count). The Morgan fingerprint density at radius 1 is 1.40 bits per heavy atom. The van der Waals surface area contributed by atoms with E-state index in [0.717, 1.165) is 38.5 Å². The average Bonchev–Trinajstić information content (AvgIpc) is 2.89. The van der Waals surface area contributed by atoms with Crippen LogP contribution in [-0.2, 0) is 9.53 Å². The molecule has 1 heterocycles. The lowest BCUT2D eigenvalue weighted by Crippen LogP contribution is -2.59. The molecule has 114 valence electrons. The van der Waals surface area contributed by atoms with E-state index in [1.807, 2.05) is 0 Å². The van der Waals surface area contributed by atoms with Gasteiger partial charge in [-0.15, -0.1) is 0 Å². The average molecular weight is 298 g/mol. The number of thiocarbonyl (C=S) groups is 1. The Hall–Kier alpha value is -0.680. The minimum absolute atomic E-state index is 0.0425. The Morgan fingerprint density at radius 2 is 2.05 bits per heavy atom. The molecular formula is C15H26N2O2S. The molecule has 3 N–H and O–H groups in total. The number of hydrogen-bond acceptors (Lipinski definition) is 3. The topological polar surface area (TPSA) is 64.3 Å². The van der Waals surface area contributed by atoms with E-state index in [4.69, 9.17) is 22.7 Å². The predicted molar refractivity (Wildman–Crippen MR) is 83.4 cm³/mol. The summed E-state index contributed by atoms with van der Waals surface area (Å²) in [6.45, 7) is 4.97. The number of ether oxygens (including phenoxy) is 1. The van der Waals surface area contributed by atoms with E-state index in [9.17, 15) is 4.79 Å². The molecule has 0 aromatic rings. The summed E-state index contributed by atoms with van der Waals surface area (Å²) in [5, 5.41) is 3.17. The molecular weight excluding hydrogens is 272 g/mol. The van der Waals surface area contributed by atoms with Crippen molar-refractivity contribution in [1.82, 2.24) is 5.32 Å². The van der Waals surface area contributed by atoms with Crippen LogP contribution in [-0.4, -0.2) is 29.1 Å². The van der Waals surface area contributed by atoms with Crippen molar-refractivity contribution in [3.05, 3.63) is 0 Å². The highest BCUT2D eigenvalue weighted by Gasteiger charge is 2.41. The summed E-state index contributed by atoms with van der Waals surface area (Å²) in [7, 11) is 0. The van der Waals surface area contributed by atoms with E-state index >= 15 is 0 Å². The molecule has 0 bridgehead atoms. The van der Waals surface area contributed by atoms with Crippen LogP contribution in [0.2, 0.25) is 0 Å². The first kappa shape index (κ1) is 15.7. The van der Waals surface area contributed by atoms with E-state index in [2.05, 4.69) is 19.2 Å². The van der Waals surface area contributed by atoms with Crippen LogP contribution >= 0.6 is 12.2 Å². The van der Waals surface area contributed by atoms with Crippen LogP contribution in [0.3, 0.4) is 0 Å². The molecule has 1 aliphatic heterocycles. The Bertz CT molecular complexity index is 378. The van der Waals surface area contributed by atoms with Gasteiger partial charge in [0.2, 0.25) is 5.91 Å². The summed E-state index contributed by atoms with van der Waals surface area (Å²) in [6, 6.07) is 0. The minimum atomic E-state index is -0.472. The maximum atomic E-state index is 12.6.